The first-order valence-electron chi connectivity index (χ1n) is 13.9. The number of rotatable bonds is 7. The molecule has 1 N–H and O–H groups in total. The maximum atomic E-state index is 15.5. The smallest absolute Gasteiger partial charge is 0.237 e. The normalized spacial score (nSPS) is 18.2. The third-order valence-electron chi connectivity index (χ3n) is 8.71. The van der Waals surface area contributed by atoms with E-state index in [0.29, 0.717) is 27.5 Å². The summed E-state index contributed by atoms with van der Waals surface area (Å²) in [6, 6.07) is 30.3. The summed E-state index contributed by atoms with van der Waals surface area (Å²) in [5, 5.41) is 3.71. The zero-order valence-electron chi connectivity index (χ0n) is 25.1. The van der Waals surface area contributed by atoms with Crippen molar-refractivity contribution in [2.24, 2.45) is 10.4 Å². The molecule has 1 aliphatic rings. The highest BCUT2D eigenvalue weighted by molar-refractivity contribution is 9.10. The Labute approximate surface area is 260 Å². The second-order valence-corrected chi connectivity index (χ2v) is 12.2. The molecule has 4 aromatic carbocycles. The molecular formula is C35H35BrFN3O3. The Morgan fingerprint density at radius 2 is 1.33 bits per heavy atom. The molecule has 8 heteroatoms. The van der Waals surface area contributed by atoms with Gasteiger partial charge in [0.2, 0.25) is 11.9 Å². The maximum absolute atomic E-state index is 15.5. The number of halogens is 2. The lowest BCUT2D eigenvalue weighted by molar-refractivity contribution is -0.140. The van der Waals surface area contributed by atoms with Crippen molar-refractivity contribution in [3.8, 4) is 11.5 Å². The summed E-state index contributed by atoms with van der Waals surface area (Å²) in [6.45, 7) is 5.43. The van der Waals surface area contributed by atoms with Gasteiger partial charge in [-0.1, -0.05) is 70.5 Å². The van der Waals surface area contributed by atoms with Crippen molar-refractivity contribution in [3.63, 3.8) is 0 Å². The molecule has 0 saturated heterocycles. The SMILES string of the molecule is COc1ccc(C(NC2=N[C@](C)(c3cc(Br)ccc3F)C(C)(C)C(=O)N2C)(c2ccccc2)c2ccc(OC)cc2)cc1. The van der Waals surface area contributed by atoms with Crippen molar-refractivity contribution in [1.82, 2.24) is 10.2 Å². The molecule has 6 nitrogen and oxygen atoms in total. The predicted molar refractivity (Wildman–Crippen MR) is 171 cm³/mol. The fourth-order valence-corrected chi connectivity index (χ4v) is 6.14. The molecule has 0 aliphatic carbocycles. The third kappa shape index (κ3) is 5.07. The Balaban J connectivity index is 1.81. The first-order valence-corrected chi connectivity index (χ1v) is 14.7. The van der Waals surface area contributed by atoms with Gasteiger partial charge in [-0.05, 0) is 79.9 Å². The first kappa shape index (κ1) is 30.3. The van der Waals surface area contributed by atoms with Crippen LogP contribution in [0.1, 0.15) is 43.0 Å². The second-order valence-electron chi connectivity index (χ2n) is 11.3. The van der Waals surface area contributed by atoms with E-state index in [2.05, 4.69) is 21.2 Å². The highest BCUT2D eigenvalue weighted by Crippen LogP contribution is 2.49. The van der Waals surface area contributed by atoms with Crippen LogP contribution in [0.25, 0.3) is 0 Å². The molecule has 4 aromatic rings. The van der Waals surface area contributed by atoms with Crippen LogP contribution in [0.5, 0.6) is 11.5 Å². The van der Waals surface area contributed by atoms with E-state index in [0.717, 1.165) is 16.7 Å². The largest absolute Gasteiger partial charge is 0.497 e. The second kappa shape index (κ2) is 11.5. The van der Waals surface area contributed by atoms with Gasteiger partial charge < -0.3 is 14.8 Å². The van der Waals surface area contributed by atoms with Crippen molar-refractivity contribution >= 4 is 27.8 Å². The van der Waals surface area contributed by atoms with Gasteiger partial charge in [0.05, 0.1) is 19.6 Å². The number of amides is 1. The van der Waals surface area contributed by atoms with Gasteiger partial charge in [0, 0.05) is 17.1 Å². The number of nitrogens with one attached hydrogen (secondary N) is 1. The average molecular weight is 645 g/mol. The number of hydrogen-bond acceptors (Lipinski definition) is 5. The number of carbonyl (C=O) groups is 1. The monoisotopic (exact) mass is 643 g/mol. The Morgan fingerprint density at radius 1 is 0.814 bits per heavy atom. The minimum absolute atomic E-state index is 0.196. The van der Waals surface area contributed by atoms with E-state index >= 15 is 4.39 Å². The molecule has 0 spiro atoms. The molecule has 222 valence electrons. The fourth-order valence-electron chi connectivity index (χ4n) is 5.78. The van der Waals surface area contributed by atoms with Crippen molar-refractivity contribution < 1.29 is 18.7 Å². The fraction of sp³-hybridized carbons (Fsp3) is 0.257. The number of carbonyl (C=O) groups excluding carboxylic acids is 1. The van der Waals surface area contributed by atoms with Crippen molar-refractivity contribution in [2.75, 3.05) is 21.3 Å². The molecule has 1 heterocycles. The van der Waals surface area contributed by atoms with Crippen LogP contribution in [0.3, 0.4) is 0 Å². The van der Waals surface area contributed by atoms with Crippen LogP contribution < -0.4 is 14.8 Å². The summed E-state index contributed by atoms with van der Waals surface area (Å²) >= 11 is 3.48. The molecule has 1 atom stereocenters. The Hall–Kier alpha value is -4.17. The molecule has 43 heavy (non-hydrogen) atoms. The molecule has 0 radical (unpaired) electrons. The Kier molecular flexibility index (Phi) is 8.09. The summed E-state index contributed by atoms with van der Waals surface area (Å²) in [7, 11) is 4.95. The zero-order chi connectivity index (χ0) is 31.0. The molecule has 0 fully saturated rings. The molecular weight excluding hydrogens is 609 g/mol. The Bertz CT molecular complexity index is 1610. The van der Waals surface area contributed by atoms with Gasteiger partial charge in [-0.3, -0.25) is 9.69 Å². The van der Waals surface area contributed by atoms with Crippen LogP contribution in [-0.2, 0) is 15.9 Å². The topological polar surface area (TPSA) is 63.2 Å². The third-order valence-corrected chi connectivity index (χ3v) is 9.20. The van der Waals surface area contributed by atoms with Gasteiger partial charge >= 0.3 is 0 Å². The van der Waals surface area contributed by atoms with Gasteiger partial charge in [0.15, 0.2) is 0 Å². The number of ether oxygens (including phenoxy) is 2. The molecule has 0 unspecified atom stereocenters. The lowest BCUT2D eigenvalue weighted by Crippen LogP contribution is -2.62. The molecule has 0 saturated carbocycles. The van der Waals surface area contributed by atoms with E-state index in [1.54, 1.807) is 33.4 Å². The summed E-state index contributed by atoms with van der Waals surface area (Å²) in [5.41, 5.74) is -0.326. The lowest BCUT2D eigenvalue weighted by Gasteiger charge is -2.49. The summed E-state index contributed by atoms with van der Waals surface area (Å²) in [5.74, 6) is 1.10. The number of methoxy groups -OCH3 is 2. The van der Waals surface area contributed by atoms with E-state index < -0.39 is 22.3 Å². The number of guanidine groups is 1. The van der Waals surface area contributed by atoms with Gasteiger partial charge in [-0.15, -0.1) is 0 Å². The number of hydrogen-bond donors (Lipinski definition) is 1. The van der Waals surface area contributed by atoms with E-state index in [1.807, 2.05) is 99.6 Å². The Morgan fingerprint density at radius 3 is 1.84 bits per heavy atom. The molecule has 5 rings (SSSR count). The van der Waals surface area contributed by atoms with Crippen LogP contribution in [0, 0.1) is 11.2 Å². The van der Waals surface area contributed by atoms with Crippen LogP contribution in [0.4, 0.5) is 4.39 Å². The minimum atomic E-state index is -1.24. The standard InChI is InChI=1S/C35H35BrFN3O3/c1-33(2)31(41)40(4)32(38-34(33,3)29-22-26(36)16-21-30(29)37)39-35(23-10-8-7-9-11-23,24-12-17-27(42-5)18-13-24)25-14-19-28(43-6)20-15-25/h7-22H,1-6H3,(H,38,39)/t34-/m1/s1. The predicted octanol–water partition coefficient (Wildman–Crippen LogP) is 7.26. The van der Waals surface area contributed by atoms with Crippen molar-refractivity contribution in [2.45, 2.75) is 31.8 Å². The van der Waals surface area contributed by atoms with E-state index in [9.17, 15) is 4.79 Å². The first-order chi connectivity index (χ1) is 20.5. The van der Waals surface area contributed by atoms with Crippen molar-refractivity contribution in [3.05, 3.63) is 130 Å². The highest BCUT2D eigenvalue weighted by Gasteiger charge is 2.55. The molecule has 0 aromatic heterocycles. The lowest BCUT2D eigenvalue weighted by atomic mass is 9.67. The van der Waals surface area contributed by atoms with Gasteiger partial charge in [-0.25, -0.2) is 9.38 Å². The molecule has 0 bridgehead atoms. The zero-order valence-corrected chi connectivity index (χ0v) is 26.7. The number of nitrogens with zero attached hydrogens (tertiary/aromatic N) is 2. The van der Waals surface area contributed by atoms with Gasteiger partial charge in [-0.2, -0.15) is 0 Å². The van der Waals surface area contributed by atoms with E-state index in [4.69, 9.17) is 14.5 Å². The summed E-state index contributed by atoms with van der Waals surface area (Å²) < 4.78 is 27.2. The minimum Gasteiger partial charge on any atom is -0.497 e. The van der Waals surface area contributed by atoms with E-state index in [-0.39, 0.29) is 5.91 Å². The average Bonchev–Trinajstić information content (AvgIpc) is 3.03. The van der Waals surface area contributed by atoms with Gasteiger partial charge in [0.25, 0.3) is 0 Å². The summed E-state index contributed by atoms with van der Waals surface area (Å²) in [6.07, 6.45) is 0. The maximum Gasteiger partial charge on any atom is 0.237 e. The van der Waals surface area contributed by atoms with E-state index in [1.165, 1.54) is 11.0 Å². The number of benzene rings is 4. The number of aliphatic imine (C=N–C) groups is 1. The summed E-state index contributed by atoms with van der Waals surface area (Å²) in [4.78, 5) is 20.9. The molecule has 1 amide bonds. The quantitative estimate of drug-likeness (QED) is 0.215. The van der Waals surface area contributed by atoms with Crippen molar-refractivity contribution in [1.29, 1.82) is 0 Å². The molecule has 1 aliphatic heterocycles. The highest BCUT2D eigenvalue weighted by atomic mass is 79.9. The van der Waals surface area contributed by atoms with Crippen LogP contribution >= 0.6 is 15.9 Å². The van der Waals surface area contributed by atoms with Crippen LogP contribution in [0.15, 0.2) is 107 Å². The van der Waals surface area contributed by atoms with Crippen LogP contribution in [-0.4, -0.2) is 38.0 Å². The van der Waals surface area contributed by atoms with Gasteiger partial charge in [0.1, 0.15) is 28.4 Å². The van der Waals surface area contributed by atoms with Crippen LogP contribution in [0.2, 0.25) is 0 Å².